The number of carbonyl (C=O) groups is 2. The summed E-state index contributed by atoms with van der Waals surface area (Å²) >= 11 is 0. The quantitative estimate of drug-likeness (QED) is 0.533. The van der Waals surface area contributed by atoms with Crippen molar-refractivity contribution in [2.75, 3.05) is 11.1 Å². The summed E-state index contributed by atoms with van der Waals surface area (Å²) < 4.78 is 1.83. The van der Waals surface area contributed by atoms with E-state index in [0.717, 1.165) is 36.0 Å². The predicted molar refractivity (Wildman–Crippen MR) is 115 cm³/mol. The van der Waals surface area contributed by atoms with Crippen LogP contribution in [0.4, 0.5) is 11.6 Å². The highest BCUT2D eigenvalue weighted by Crippen LogP contribution is 2.42. The molecule has 3 aromatic rings. The highest BCUT2D eigenvalue weighted by atomic mass is 16.2. The average molecular weight is 420 g/mol. The lowest BCUT2D eigenvalue weighted by Crippen LogP contribution is -2.48. The van der Waals surface area contributed by atoms with Crippen molar-refractivity contribution in [1.29, 1.82) is 0 Å². The van der Waals surface area contributed by atoms with Crippen molar-refractivity contribution in [3.8, 4) is 11.5 Å². The smallest absolute Gasteiger partial charge is 0.245 e. The van der Waals surface area contributed by atoms with E-state index in [0.29, 0.717) is 17.8 Å². The third-order valence-corrected chi connectivity index (χ3v) is 5.87. The van der Waals surface area contributed by atoms with Gasteiger partial charge in [0.25, 0.3) is 0 Å². The lowest BCUT2D eigenvalue weighted by atomic mass is 9.83. The molecule has 4 heterocycles. The van der Waals surface area contributed by atoms with Gasteiger partial charge in [-0.25, -0.2) is 19.6 Å². The first-order valence-corrected chi connectivity index (χ1v) is 10.5. The first-order valence-electron chi connectivity index (χ1n) is 10.5. The molecule has 10 nitrogen and oxygen atoms in total. The van der Waals surface area contributed by atoms with Crippen LogP contribution >= 0.6 is 0 Å². The van der Waals surface area contributed by atoms with Gasteiger partial charge in [0.2, 0.25) is 11.8 Å². The van der Waals surface area contributed by atoms with Crippen LogP contribution < -0.4 is 16.4 Å². The zero-order valence-electron chi connectivity index (χ0n) is 17.7. The van der Waals surface area contributed by atoms with Crippen molar-refractivity contribution in [2.45, 2.75) is 58.0 Å². The normalized spacial score (nSPS) is 20.0. The fraction of sp³-hybridized carbons (Fsp3) is 0.429. The summed E-state index contributed by atoms with van der Waals surface area (Å²) in [6, 6.07) is 3.96. The number of hydrogen-bond donors (Lipinski definition) is 3. The summed E-state index contributed by atoms with van der Waals surface area (Å²) in [5.74, 6) is -0.220. The van der Waals surface area contributed by atoms with Crippen LogP contribution in [0.3, 0.4) is 0 Å². The molecule has 2 aliphatic rings. The second-order valence-electron chi connectivity index (χ2n) is 8.38. The molecule has 2 amide bonds. The molecule has 4 N–H and O–H groups in total. The maximum Gasteiger partial charge on any atom is 0.245 e. The molecular weight excluding hydrogens is 396 g/mol. The number of nitrogens with one attached hydrogen (secondary N) is 2. The number of rotatable bonds is 5. The summed E-state index contributed by atoms with van der Waals surface area (Å²) in [6.07, 6.45) is 2.73. The van der Waals surface area contributed by atoms with E-state index in [2.05, 4.69) is 37.6 Å². The Labute approximate surface area is 178 Å². The van der Waals surface area contributed by atoms with Crippen LogP contribution in [0.5, 0.6) is 0 Å². The van der Waals surface area contributed by atoms with E-state index in [9.17, 15) is 9.59 Å². The summed E-state index contributed by atoms with van der Waals surface area (Å²) in [5.41, 5.74) is 7.30. The van der Waals surface area contributed by atoms with Crippen molar-refractivity contribution in [1.82, 2.24) is 30.0 Å². The molecule has 1 fully saturated rings. The molecule has 0 spiro atoms. The summed E-state index contributed by atoms with van der Waals surface area (Å²) in [7, 11) is 0. The van der Waals surface area contributed by atoms with Crippen molar-refractivity contribution in [2.24, 2.45) is 0 Å². The number of amides is 2. The Morgan fingerprint density at radius 1 is 1.32 bits per heavy atom. The summed E-state index contributed by atoms with van der Waals surface area (Å²) in [5, 5.41) is 11.1. The number of nitrogens with two attached hydrogens (primary N) is 1. The molecule has 0 radical (unpaired) electrons. The number of nitrogen functional groups attached to an aromatic ring is 1. The third-order valence-electron chi connectivity index (χ3n) is 5.87. The van der Waals surface area contributed by atoms with E-state index in [4.69, 9.17) is 5.73 Å². The molecule has 10 heteroatoms. The van der Waals surface area contributed by atoms with Gasteiger partial charge in [-0.2, -0.15) is 5.10 Å². The fourth-order valence-electron chi connectivity index (χ4n) is 3.97. The summed E-state index contributed by atoms with van der Waals surface area (Å²) in [6.45, 7) is 6.25. The highest BCUT2D eigenvalue weighted by molar-refractivity contribution is 6.21. The molecule has 1 aliphatic carbocycles. The van der Waals surface area contributed by atoms with E-state index < -0.39 is 11.3 Å². The van der Waals surface area contributed by atoms with Crippen molar-refractivity contribution in [3.63, 3.8) is 0 Å². The molecule has 5 rings (SSSR count). The van der Waals surface area contributed by atoms with Crippen LogP contribution in [-0.2, 0) is 21.5 Å². The largest absolute Gasteiger partial charge is 0.383 e. The molecule has 3 aromatic heterocycles. The van der Waals surface area contributed by atoms with Gasteiger partial charge in [0.05, 0.1) is 10.9 Å². The van der Waals surface area contributed by atoms with Crippen LogP contribution in [-0.4, -0.2) is 42.6 Å². The SMILES string of the molecule is CCCn1nc(-c2nc(N)c3c(n2)NC(=O)C3(C)C(=O)NC2CC2)c2ccc(C)nc21. The van der Waals surface area contributed by atoms with Crippen molar-refractivity contribution in [3.05, 3.63) is 23.4 Å². The van der Waals surface area contributed by atoms with E-state index in [1.165, 1.54) is 0 Å². The topological polar surface area (TPSA) is 141 Å². The van der Waals surface area contributed by atoms with E-state index in [1.54, 1.807) is 6.92 Å². The van der Waals surface area contributed by atoms with E-state index in [1.807, 2.05) is 23.7 Å². The fourth-order valence-corrected chi connectivity index (χ4v) is 3.97. The molecule has 31 heavy (non-hydrogen) atoms. The Morgan fingerprint density at radius 3 is 2.81 bits per heavy atom. The number of fused-ring (bicyclic) bond motifs is 2. The Bertz CT molecular complexity index is 1250. The second-order valence-corrected chi connectivity index (χ2v) is 8.38. The predicted octanol–water partition coefficient (Wildman–Crippen LogP) is 1.68. The number of hydrogen-bond acceptors (Lipinski definition) is 7. The van der Waals surface area contributed by atoms with Gasteiger partial charge in [-0.1, -0.05) is 6.92 Å². The number of carbonyl (C=O) groups excluding carboxylic acids is 2. The maximum atomic E-state index is 12.9. The Morgan fingerprint density at radius 2 is 2.10 bits per heavy atom. The minimum absolute atomic E-state index is 0.0880. The second kappa shape index (κ2) is 6.73. The number of anilines is 2. The molecule has 1 saturated carbocycles. The number of pyridine rings is 1. The third kappa shape index (κ3) is 2.93. The standard InChI is InChI=1S/C21H24N8O2/c1-4-9-29-18-12(8-5-10(2)23-18)14(28-29)17-25-15(22)13-16(26-17)27-20(31)21(13,3)19(30)24-11-6-7-11/h5,8,11H,4,6-7,9H2,1-3H3,(H,24,30)(H3,22,25,26,27,31). The number of aryl methyl sites for hydroxylation is 2. The molecule has 1 aliphatic heterocycles. The van der Waals surface area contributed by atoms with Crippen LogP contribution in [0.2, 0.25) is 0 Å². The first kappa shape index (κ1) is 19.4. The lowest BCUT2D eigenvalue weighted by molar-refractivity contribution is -0.133. The number of nitrogens with zero attached hydrogens (tertiary/aromatic N) is 5. The van der Waals surface area contributed by atoms with Crippen LogP contribution in [0.25, 0.3) is 22.6 Å². The zero-order chi connectivity index (χ0) is 21.9. The molecule has 0 saturated heterocycles. The Balaban J connectivity index is 1.63. The molecule has 1 atom stereocenters. The molecule has 0 bridgehead atoms. The Hall–Kier alpha value is -3.56. The maximum absolute atomic E-state index is 12.9. The van der Waals surface area contributed by atoms with Crippen molar-refractivity contribution >= 4 is 34.5 Å². The zero-order valence-corrected chi connectivity index (χ0v) is 17.7. The first-order chi connectivity index (χ1) is 14.8. The van der Waals surface area contributed by atoms with Gasteiger partial charge in [-0.3, -0.25) is 9.59 Å². The van der Waals surface area contributed by atoms with Crippen molar-refractivity contribution < 1.29 is 9.59 Å². The molecule has 0 aromatic carbocycles. The van der Waals surface area contributed by atoms with E-state index in [-0.39, 0.29) is 29.4 Å². The lowest BCUT2D eigenvalue weighted by Gasteiger charge is -2.21. The molecule has 1 unspecified atom stereocenters. The van der Waals surface area contributed by atoms with E-state index >= 15 is 0 Å². The van der Waals surface area contributed by atoms with Crippen LogP contribution in [0.15, 0.2) is 12.1 Å². The highest BCUT2D eigenvalue weighted by Gasteiger charge is 2.53. The van der Waals surface area contributed by atoms with Gasteiger partial charge < -0.3 is 16.4 Å². The molecular formula is C21H24N8O2. The summed E-state index contributed by atoms with van der Waals surface area (Å²) in [4.78, 5) is 39.3. The van der Waals surface area contributed by atoms with Gasteiger partial charge in [-0.15, -0.1) is 0 Å². The number of aromatic nitrogens is 5. The monoisotopic (exact) mass is 420 g/mol. The van der Waals surface area contributed by atoms with Crippen LogP contribution in [0, 0.1) is 6.92 Å². The van der Waals surface area contributed by atoms with Gasteiger partial charge in [0.15, 0.2) is 16.9 Å². The van der Waals surface area contributed by atoms with Gasteiger partial charge in [0, 0.05) is 18.3 Å². The average Bonchev–Trinajstić information content (AvgIpc) is 3.41. The molecule has 160 valence electrons. The van der Waals surface area contributed by atoms with Gasteiger partial charge in [-0.05, 0) is 45.2 Å². The van der Waals surface area contributed by atoms with Gasteiger partial charge in [0.1, 0.15) is 17.3 Å². The van der Waals surface area contributed by atoms with Gasteiger partial charge >= 0.3 is 0 Å². The Kier molecular flexibility index (Phi) is 4.21. The minimum Gasteiger partial charge on any atom is -0.383 e. The van der Waals surface area contributed by atoms with Crippen LogP contribution in [0.1, 0.15) is 44.4 Å². The minimum atomic E-state index is -1.47.